The van der Waals surface area contributed by atoms with Crippen LogP contribution < -0.4 is 0 Å². The van der Waals surface area contributed by atoms with Gasteiger partial charge in [0.25, 0.3) is 0 Å². The Kier molecular flexibility index (Phi) is 4.93. The summed E-state index contributed by atoms with van der Waals surface area (Å²) in [6.07, 6.45) is -4.13. The minimum Gasteiger partial charge on any atom is -0.508 e. The number of benzene rings is 1. The number of hydrogen-bond acceptors (Lipinski definition) is 3. The van der Waals surface area contributed by atoms with E-state index in [2.05, 4.69) is 20.8 Å². The molecule has 2 rings (SSSR count). The van der Waals surface area contributed by atoms with Crippen molar-refractivity contribution >= 4 is 15.9 Å². The summed E-state index contributed by atoms with van der Waals surface area (Å²) in [7, 11) is 0. The van der Waals surface area contributed by atoms with Gasteiger partial charge in [-0.1, -0.05) is 15.9 Å². The maximum Gasteiger partial charge on any atom is 0.401 e. The third kappa shape index (κ3) is 4.64. The van der Waals surface area contributed by atoms with Gasteiger partial charge in [-0.3, -0.25) is 9.80 Å². The summed E-state index contributed by atoms with van der Waals surface area (Å²) >= 11 is 3.41. The molecule has 0 atom stereocenters. The molecule has 7 heteroatoms. The smallest absolute Gasteiger partial charge is 0.401 e. The summed E-state index contributed by atoms with van der Waals surface area (Å²) in [5, 5.41) is 9.46. The van der Waals surface area contributed by atoms with E-state index in [0.717, 1.165) is 10.0 Å². The van der Waals surface area contributed by atoms with Crippen molar-refractivity contribution < 1.29 is 18.3 Å². The van der Waals surface area contributed by atoms with Crippen LogP contribution in [0.3, 0.4) is 0 Å². The van der Waals surface area contributed by atoms with Crippen molar-refractivity contribution in [1.29, 1.82) is 0 Å². The molecule has 1 fully saturated rings. The summed E-state index contributed by atoms with van der Waals surface area (Å²) in [6, 6.07) is 5.03. The number of phenolic OH excluding ortho intramolecular Hbond substituents is 1. The van der Waals surface area contributed by atoms with Gasteiger partial charge in [-0.2, -0.15) is 13.2 Å². The molecular formula is C13H16BrF3N2O. The first-order valence-electron chi connectivity index (χ1n) is 6.32. The maximum atomic E-state index is 12.3. The highest BCUT2D eigenvalue weighted by Gasteiger charge is 2.32. The van der Waals surface area contributed by atoms with Gasteiger partial charge in [0, 0.05) is 37.2 Å². The van der Waals surface area contributed by atoms with Crippen LogP contribution >= 0.6 is 15.9 Å². The maximum absolute atomic E-state index is 12.3. The fourth-order valence-electron chi connectivity index (χ4n) is 2.28. The van der Waals surface area contributed by atoms with Crippen molar-refractivity contribution in [3.8, 4) is 5.75 Å². The average Bonchev–Trinajstić information content (AvgIpc) is 2.34. The number of hydrogen-bond donors (Lipinski definition) is 1. The molecule has 112 valence electrons. The molecular weight excluding hydrogens is 337 g/mol. The molecule has 0 unspecified atom stereocenters. The third-order valence-electron chi connectivity index (χ3n) is 3.29. The third-order valence-corrected chi connectivity index (χ3v) is 4.06. The second-order valence-corrected chi connectivity index (χ2v) is 5.80. The molecule has 1 aromatic rings. The van der Waals surface area contributed by atoms with E-state index < -0.39 is 12.7 Å². The Hall–Kier alpha value is -0.790. The molecule has 1 aliphatic rings. The first kappa shape index (κ1) is 15.6. The number of halogens is 4. The highest BCUT2D eigenvalue weighted by molar-refractivity contribution is 9.10. The minimum atomic E-state index is -4.13. The van der Waals surface area contributed by atoms with Crippen molar-refractivity contribution in [3.05, 3.63) is 28.2 Å². The van der Waals surface area contributed by atoms with Gasteiger partial charge in [0.15, 0.2) is 0 Å². The van der Waals surface area contributed by atoms with E-state index in [1.165, 1.54) is 4.90 Å². The van der Waals surface area contributed by atoms with Crippen LogP contribution in [0.25, 0.3) is 0 Å². The molecule has 0 radical (unpaired) electrons. The number of aromatic hydroxyl groups is 1. The van der Waals surface area contributed by atoms with Crippen LogP contribution in [-0.2, 0) is 6.54 Å². The molecule has 0 bridgehead atoms. The fraction of sp³-hybridized carbons (Fsp3) is 0.538. The first-order chi connectivity index (χ1) is 9.33. The van der Waals surface area contributed by atoms with Gasteiger partial charge in [0.2, 0.25) is 0 Å². The zero-order valence-corrected chi connectivity index (χ0v) is 12.4. The molecule has 0 spiro atoms. The van der Waals surface area contributed by atoms with Gasteiger partial charge < -0.3 is 5.11 Å². The summed E-state index contributed by atoms with van der Waals surface area (Å²) in [5.74, 6) is 0.193. The molecule has 0 saturated carbocycles. The quantitative estimate of drug-likeness (QED) is 0.906. The highest BCUT2D eigenvalue weighted by Crippen LogP contribution is 2.24. The molecule has 0 aliphatic carbocycles. The molecule has 20 heavy (non-hydrogen) atoms. The Bertz CT molecular complexity index is 459. The van der Waals surface area contributed by atoms with Crippen LogP contribution in [0.15, 0.2) is 22.7 Å². The number of piperazine rings is 1. The van der Waals surface area contributed by atoms with E-state index >= 15 is 0 Å². The molecule has 1 aromatic carbocycles. The van der Waals surface area contributed by atoms with Gasteiger partial charge in [0.1, 0.15) is 5.75 Å². The van der Waals surface area contributed by atoms with E-state index in [4.69, 9.17) is 0 Å². The Balaban J connectivity index is 1.87. The van der Waals surface area contributed by atoms with Gasteiger partial charge in [-0.25, -0.2) is 0 Å². The Morgan fingerprint density at radius 1 is 1.10 bits per heavy atom. The largest absolute Gasteiger partial charge is 0.508 e. The van der Waals surface area contributed by atoms with Gasteiger partial charge in [-0.05, 0) is 23.8 Å². The van der Waals surface area contributed by atoms with Crippen LogP contribution in [0.2, 0.25) is 0 Å². The van der Waals surface area contributed by atoms with Crippen molar-refractivity contribution in [1.82, 2.24) is 9.80 Å². The predicted molar refractivity (Wildman–Crippen MR) is 73.6 cm³/mol. The number of rotatable bonds is 3. The normalized spacial score (nSPS) is 18.4. The number of nitrogens with zero attached hydrogens (tertiary/aromatic N) is 2. The lowest BCUT2D eigenvalue weighted by Crippen LogP contribution is -2.48. The molecule has 3 nitrogen and oxygen atoms in total. The second kappa shape index (κ2) is 6.32. The van der Waals surface area contributed by atoms with Crippen LogP contribution in [-0.4, -0.2) is 53.8 Å². The van der Waals surface area contributed by atoms with Gasteiger partial charge >= 0.3 is 6.18 Å². The highest BCUT2D eigenvalue weighted by atomic mass is 79.9. The lowest BCUT2D eigenvalue weighted by molar-refractivity contribution is -0.149. The van der Waals surface area contributed by atoms with E-state index in [1.807, 2.05) is 0 Å². The topological polar surface area (TPSA) is 26.7 Å². The van der Waals surface area contributed by atoms with Crippen molar-refractivity contribution in [2.24, 2.45) is 0 Å². The Labute approximate surface area is 124 Å². The monoisotopic (exact) mass is 352 g/mol. The van der Waals surface area contributed by atoms with E-state index in [1.54, 1.807) is 18.2 Å². The standard InChI is InChI=1S/C13H16BrF3N2O/c14-12-2-1-11(20)7-10(12)8-18-3-5-19(6-4-18)9-13(15,16)17/h1-2,7,20H,3-6,8-9H2. The molecule has 1 saturated heterocycles. The predicted octanol–water partition coefficient (Wildman–Crippen LogP) is 2.83. The molecule has 0 aromatic heterocycles. The van der Waals surface area contributed by atoms with Gasteiger partial charge in [0.05, 0.1) is 6.54 Å². The first-order valence-corrected chi connectivity index (χ1v) is 7.12. The van der Waals surface area contributed by atoms with Crippen molar-refractivity contribution in [2.45, 2.75) is 12.7 Å². The average molecular weight is 353 g/mol. The number of alkyl halides is 3. The van der Waals surface area contributed by atoms with Crippen molar-refractivity contribution in [2.75, 3.05) is 32.7 Å². The summed E-state index contributed by atoms with van der Waals surface area (Å²) in [5.41, 5.74) is 0.939. The Morgan fingerprint density at radius 3 is 2.30 bits per heavy atom. The summed E-state index contributed by atoms with van der Waals surface area (Å²) in [4.78, 5) is 3.51. The molecule has 1 N–H and O–H groups in total. The van der Waals surface area contributed by atoms with E-state index in [0.29, 0.717) is 32.7 Å². The zero-order valence-electron chi connectivity index (χ0n) is 10.8. The van der Waals surface area contributed by atoms with Gasteiger partial charge in [-0.15, -0.1) is 0 Å². The molecule has 1 aliphatic heterocycles. The van der Waals surface area contributed by atoms with E-state index in [9.17, 15) is 18.3 Å². The van der Waals surface area contributed by atoms with E-state index in [-0.39, 0.29) is 5.75 Å². The lowest BCUT2D eigenvalue weighted by Gasteiger charge is -2.35. The van der Waals surface area contributed by atoms with Crippen LogP contribution in [0.5, 0.6) is 5.75 Å². The molecule has 1 heterocycles. The fourth-order valence-corrected chi connectivity index (χ4v) is 2.65. The summed E-state index contributed by atoms with van der Waals surface area (Å²) in [6.45, 7) is 1.80. The summed E-state index contributed by atoms with van der Waals surface area (Å²) < 4.78 is 37.8. The SMILES string of the molecule is Oc1ccc(Br)c(CN2CCN(CC(F)(F)F)CC2)c1. The second-order valence-electron chi connectivity index (χ2n) is 4.94. The minimum absolute atomic E-state index is 0.193. The Morgan fingerprint density at radius 2 is 1.70 bits per heavy atom. The molecule has 0 amide bonds. The zero-order chi connectivity index (χ0) is 14.8. The lowest BCUT2D eigenvalue weighted by atomic mass is 10.2. The van der Waals surface area contributed by atoms with Crippen LogP contribution in [0, 0.1) is 0 Å². The van der Waals surface area contributed by atoms with Crippen molar-refractivity contribution in [3.63, 3.8) is 0 Å². The van der Waals surface area contributed by atoms with Crippen LogP contribution in [0.1, 0.15) is 5.56 Å². The van der Waals surface area contributed by atoms with Crippen LogP contribution in [0.4, 0.5) is 13.2 Å². The number of phenols is 1.